The standard InChI is InChI=1S/C20H34O5/c1-6-22-17(21)9-12-23-19(4,11-8-15-18(2,3)24-15)14-7-10-20(5)16(13-14)25-20/h14-16H,6-13H2,1-5H3. The van der Waals surface area contributed by atoms with Crippen molar-refractivity contribution in [2.45, 2.75) is 102 Å². The Hall–Kier alpha value is -0.650. The summed E-state index contributed by atoms with van der Waals surface area (Å²) in [6.45, 7) is 11.4. The van der Waals surface area contributed by atoms with Crippen molar-refractivity contribution >= 4 is 5.97 Å². The Labute approximate surface area is 151 Å². The van der Waals surface area contributed by atoms with Gasteiger partial charge < -0.3 is 18.9 Å². The van der Waals surface area contributed by atoms with Gasteiger partial charge in [-0.2, -0.15) is 0 Å². The fraction of sp³-hybridized carbons (Fsp3) is 0.950. The molecular weight excluding hydrogens is 320 g/mol. The first-order valence-electron chi connectivity index (χ1n) is 9.84. The quantitative estimate of drug-likeness (QED) is 0.467. The molecule has 0 aromatic rings. The number of hydrogen-bond acceptors (Lipinski definition) is 5. The van der Waals surface area contributed by atoms with Gasteiger partial charge in [0.05, 0.1) is 48.6 Å². The molecule has 5 unspecified atom stereocenters. The monoisotopic (exact) mass is 354 g/mol. The molecule has 0 aromatic carbocycles. The van der Waals surface area contributed by atoms with Crippen LogP contribution in [0.2, 0.25) is 0 Å². The van der Waals surface area contributed by atoms with Crippen LogP contribution in [0.25, 0.3) is 0 Å². The Morgan fingerprint density at radius 2 is 2.00 bits per heavy atom. The zero-order chi connectivity index (χ0) is 18.3. The minimum atomic E-state index is -0.234. The van der Waals surface area contributed by atoms with Gasteiger partial charge >= 0.3 is 5.97 Å². The highest BCUT2D eigenvalue weighted by molar-refractivity contribution is 5.69. The third kappa shape index (κ3) is 4.37. The average Bonchev–Trinajstić information content (AvgIpc) is 3.38. The minimum Gasteiger partial charge on any atom is -0.466 e. The van der Waals surface area contributed by atoms with Crippen LogP contribution in [0.3, 0.4) is 0 Å². The van der Waals surface area contributed by atoms with Crippen LogP contribution in [-0.2, 0) is 23.7 Å². The predicted octanol–water partition coefficient (Wildman–Crippen LogP) is 3.63. The first kappa shape index (κ1) is 19.1. The molecule has 3 fully saturated rings. The molecule has 2 heterocycles. The Morgan fingerprint density at radius 1 is 1.28 bits per heavy atom. The van der Waals surface area contributed by atoms with Crippen molar-refractivity contribution in [3.8, 4) is 0 Å². The minimum absolute atomic E-state index is 0.0105. The second-order valence-corrected chi connectivity index (χ2v) is 8.86. The molecule has 25 heavy (non-hydrogen) atoms. The number of carbonyl (C=O) groups is 1. The van der Waals surface area contributed by atoms with E-state index in [2.05, 4.69) is 27.7 Å². The van der Waals surface area contributed by atoms with Crippen molar-refractivity contribution in [1.29, 1.82) is 0 Å². The number of hydrogen-bond donors (Lipinski definition) is 0. The Kier molecular flexibility index (Phi) is 5.22. The van der Waals surface area contributed by atoms with Crippen LogP contribution in [0.15, 0.2) is 0 Å². The van der Waals surface area contributed by atoms with E-state index in [4.69, 9.17) is 18.9 Å². The Balaban J connectivity index is 1.55. The van der Waals surface area contributed by atoms with E-state index >= 15 is 0 Å². The van der Waals surface area contributed by atoms with E-state index < -0.39 is 0 Å². The highest BCUT2D eigenvalue weighted by Crippen LogP contribution is 2.53. The first-order chi connectivity index (χ1) is 11.7. The average molecular weight is 354 g/mol. The summed E-state index contributed by atoms with van der Waals surface area (Å²) in [5, 5.41) is 0. The summed E-state index contributed by atoms with van der Waals surface area (Å²) in [4.78, 5) is 11.6. The van der Waals surface area contributed by atoms with Crippen molar-refractivity contribution in [3.63, 3.8) is 0 Å². The Bertz CT molecular complexity index is 504. The van der Waals surface area contributed by atoms with Gasteiger partial charge in [-0.1, -0.05) is 0 Å². The van der Waals surface area contributed by atoms with E-state index in [-0.39, 0.29) is 22.8 Å². The molecule has 1 saturated carbocycles. The molecule has 5 heteroatoms. The highest BCUT2D eigenvalue weighted by atomic mass is 16.6. The summed E-state index contributed by atoms with van der Waals surface area (Å²) in [5.41, 5.74) is -0.109. The topological polar surface area (TPSA) is 60.6 Å². The summed E-state index contributed by atoms with van der Waals surface area (Å²) in [6.07, 6.45) is 6.27. The molecule has 0 bridgehead atoms. The number of esters is 1. The van der Waals surface area contributed by atoms with Gasteiger partial charge in [0, 0.05) is 0 Å². The van der Waals surface area contributed by atoms with Crippen LogP contribution in [0.1, 0.15) is 73.1 Å². The number of fused-ring (bicyclic) bond motifs is 1. The fourth-order valence-corrected chi connectivity index (χ4v) is 4.35. The molecule has 1 aliphatic carbocycles. The number of carbonyl (C=O) groups excluding carboxylic acids is 1. The molecule has 0 N–H and O–H groups in total. The lowest BCUT2D eigenvalue weighted by Crippen LogP contribution is -2.42. The van der Waals surface area contributed by atoms with E-state index in [1.54, 1.807) is 0 Å². The summed E-state index contributed by atoms with van der Waals surface area (Å²) >= 11 is 0. The highest BCUT2D eigenvalue weighted by Gasteiger charge is 2.58. The summed E-state index contributed by atoms with van der Waals surface area (Å²) in [5.74, 6) is 0.287. The van der Waals surface area contributed by atoms with Crippen molar-refractivity contribution in [2.75, 3.05) is 13.2 Å². The molecule has 0 aromatic heterocycles. The number of epoxide rings is 2. The van der Waals surface area contributed by atoms with Crippen LogP contribution < -0.4 is 0 Å². The van der Waals surface area contributed by atoms with Gasteiger partial charge in [0.2, 0.25) is 0 Å². The van der Waals surface area contributed by atoms with Crippen molar-refractivity contribution in [2.24, 2.45) is 5.92 Å². The van der Waals surface area contributed by atoms with Gasteiger partial charge in [-0.15, -0.1) is 0 Å². The lowest BCUT2D eigenvalue weighted by atomic mass is 9.72. The maximum absolute atomic E-state index is 11.6. The van der Waals surface area contributed by atoms with Gasteiger partial charge in [0.1, 0.15) is 0 Å². The van der Waals surface area contributed by atoms with Gasteiger partial charge in [0.25, 0.3) is 0 Å². The van der Waals surface area contributed by atoms with Crippen molar-refractivity contribution < 1.29 is 23.7 Å². The smallest absolute Gasteiger partial charge is 0.308 e. The van der Waals surface area contributed by atoms with Crippen LogP contribution >= 0.6 is 0 Å². The lowest BCUT2D eigenvalue weighted by molar-refractivity contribution is -0.148. The van der Waals surface area contributed by atoms with E-state index in [9.17, 15) is 4.79 Å². The molecule has 0 spiro atoms. The molecule has 2 aliphatic heterocycles. The largest absolute Gasteiger partial charge is 0.466 e. The van der Waals surface area contributed by atoms with Gasteiger partial charge in [0.15, 0.2) is 0 Å². The third-order valence-electron chi connectivity index (χ3n) is 6.50. The molecule has 3 rings (SSSR count). The number of rotatable bonds is 9. The maximum Gasteiger partial charge on any atom is 0.308 e. The van der Waals surface area contributed by atoms with Gasteiger partial charge in [-0.3, -0.25) is 4.79 Å². The molecule has 0 radical (unpaired) electrons. The van der Waals surface area contributed by atoms with Crippen LogP contribution in [0.4, 0.5) is 0 Å². The molecule has 2 saturated heterocycles. The van der Waals surface area contributed by atoms with E-state index in [1.807, 2.05) is 6.92 Å². The summed E-state index contributed by atoms with van der Waals surface area (Å²) in [6, 6.07) is 0. The van der Waals surface area contributed by atoms with E-state index in [0.29, 0.717) is 37.8 Å². The lowest BCUT2D eigenvalue weighted by Gasteiger charge is -2.40. The van der Waals surface area contributed by atoms with Gasteiger partial charge in [-0.25, -0.2) is 0 Å². The SMILES string of the molecule is CCOC(=O)CCOC(C)(CCC1OC1(C)C)C1CCC2(C)OC2C1. The maximum atomic E-state index is 11.6. The van der Waals surface area contributed by atoms with Crippen LogP contribution in [-0.4, -0.2) is 48.2 Å². The van der Waals surface area contributed by atoms with Crippen molar-refractivity contribution in [3.05, 3.63) is 0 Å². The summed E-state index contributed by atoms with van der Waals surface area (Å²) in [7, 11) is 0. The van der Waals surface area contributed by atoms with E-state index in [0.717, 1.165) is 32.1 Å². The molecule has 0 amide bonds. The van der Waals surface area contributed by atoms with Gasteiger partial charge in [-0.05, 0) is 72.6 Å². The molecule has 5 atom stereocenters. The zero-order valence-electron chi connectivity index (χ0n) is 16.4. The molecule has 5 nitrogen and oxygen atoms in total. The molecule has 3 aliphatic rings. The van der Waals surface area contributed by atoms with E-state index in [1.165, 1.54) is 0 Å². The van der Waals surface area contributed by atoms with Crippen molar-refractivity contribution in [1.82, 2.24) is 0 Å². The predicted molar refractivity (Wildman–Crippen MR) is 94.4 cm³/mol. The van der Waals surface area contributed by atoms with Crippen LogP contribution in [0, 0.1) is 5.92 Å². The first-order valence-corrected chi connectivity index (χ1v) is 9.84. The number of ether oxygens (including phenoxy) is 4. The second kappa shape index (κ2) is 6.82. The third-order valence-corrected chi connectivity index (χ3v) is 6.50. The second-order valence-electron chi connectivity index (χ2n) is 8.86. The fourth-order valence-electron chi connectivity index (χ4n) is 4.35. The summed E-state index contributed by atoms with van der Waals surface area (Å²) < 4.78 is 23.0. The normalized spacial score (nSPS) is 37.7. The molecule has 144 valence electrons. The molecular formula is C20H34O5. The van der Waals surface area contributed by atoms with Crippen LogP contribution in [0.5, 0.6) is 0 Å². The Morgan fingerprint density at radius 3 is 2.60 bits per heavy atom. The zero-order valence-corrected chi connectivity index (χ0v) is 16.4.